The van der Waals surface area contributed by atoms with Crippen molar-refractivity contribution in [2.75, 3.05) is 12.4 Å². The smallest absolute Gasteiger partial charge is 0.173 e. The number of hydrogen-bond acceptors (Lipinski definition) is 3. The molecule has 1 fully saturated rings. The van der Waals surface area contributed by atoms with Gasteiger partial charge in [0.15, 0.2) is 5.11 Å². The number of ether oxygens (including phenoxy) is 1. The van der Waals surface area contributed by atoms with Crippen LogP contribution in [0.3, 0.4) is 0 Å². The van der Waals surface area contributed by atoms with Gasteiger partial charge >= 0.3 is 0 Å². The quantitative estimate of drug-likeness (QED) is 0.574. The van der Waals surface area contributed by atoms with Crippen molar-refractivity contribution < 1.29 is 4.74 Å². The van der Waals surface area contributed by atoms with E-state index >= 15 is 0 Å². The number of nitrogens with zero attached hydrogens (tertiary/aromatic N) is 1. The van der Waals surface area contributed by atoms with E-state index in [4.69, 9.17) is 17.0 Å². The minimum Gasteiger partial charge on any atom is -0.496 e. The molecule has 3 rings (SSSR count). The summed E-state index contributed by atoms with van der Waals surface area (Å²) in [5, 5.41) is 8.11. The summed E-state index contributed by atoms with van der Waals surface area (Å²) in [7, 11) is 1.73. The van der Waals surface area contributed by atoms with E-state index in [9.17, 15) is 0 Å². The highest BCUT2D eigenvalue weighted by Gasteiger charge is 2.40. The second-order valence-corrected chi connectivity index (χ2v) is 10.5. The average molecular weight is 440 g/mol. The molecule has 2 N–H and O–H groups in total. The fourth-order valence-electron chi connectivity index (χ4n) is 4.93. The van der Waals surface area contributed by atoms with E-state index in [1.807, 2.05) is 12.1 Å². The van der Waals surface area contributed by atoms with E-state index in [-0.39, 0.29) is 11.1 Å². The lowest BCUT2D eigenvalue weighted by Crippen LogP contribution is -2.63. The second kappa shape index (κ2) is 9.17. The van der Waals surface area contributed by atoms with Gasteiger partial charge in [-0.25, -0.2) is 0 Å². The summed E-state index contributed by atoms with van der Waals surface area (Å²) in [5.74, 6) is 0.898. The highest BCUT2D eigenvalue weighted by atomic mass is 32.1. The summed E-state index contributed by atoms with van der Waals surface area (Å²) in [4.78, 5) is 2.36. The Labute approximate surface area is 193 Å². The predicted octanol–water partition coefficient (Wildman–Crippen LogP) is 5.82. The van der Waals surface area contributed by atoms with E-state index in [2.05, 4.69) is 87.4 Å². The Morgan fingerprint density at radius 1 is 1.10 bits per heavy atom. The summed E-state index contributed by atoms with van der Waals surface area (Å²) in [5.41, 5.74) is 4.68. The minimum absolute atomic E-state index is 0.0281. The Hall–Kier alpha value is -2.11. The first-order valence-electron chi connectivity index (χ1n) is 11.1. The standard InChI is InChI=1S/C26H37N3OS/c1-18-12-13-19(2)22(14-18)27-24(31)29(17-20-10-8-9-11-23(20)30-7)21-15-25(3,4)28-26(5,6)16-21/h8-14,21,28H,15-17H2,1-7H3,(H,27,31). The largest absolute Gasteiger partial charge is 0.496 e. The molecule has 1 heterocycles. The van der Waals surface area contributed by atoms with Crippen LogP contribution >= 0.6 is 12.2 Å². The van der Waals surface area contributed by atoms with Crippen LogP contribution in [0, 0.1) is 13.8 Å². The number of nitrogens with one attached hydrogen (secondary N) is 2. The molecule has 1 aliphatic heterocycles. The third kappa shape index (κ3) is 5.98. The third-order valence-corrected chi connectivity index (χ3v) is 6.37. The number of piperidine rings is 1. The molecule has 0 aliphatic carbocycles. The zero-order valence-corrected chi connectivity index (χ0v) is 20.8. The highest BCUT2D eigenvalue weighted by molar-refractivity contribution is 7.80. The predicted molar refractivity (Wildman–Crippen MR) is 135 cm³/mol. The zero-order valence-electron chi connectivity index (χ0n) is 20.0. The monoisotopic (exact) mass is 439 g/mol. The van der Waals surface area contributed by atoms with Crippen LogP contribution in [0.5, 0.6) is 5.75 Å². The molecule has 31 heavy (non-hydrogen) atoms. The SMILES string of the molecule is COc1ccccc1CN(C(=S)Nc1cc(C)ccc1C)C1CC(C)(C)NC(C)(C)C1. The number of methoxy groups -OCH3 is 1. The van der Waals surface area contributed by atoms with Crippen LogP contribution < -0.4 is 15.4 Å². The molecule has 0 amide bonds. The topological polar surface area (TPSA) is 36.5 Å². The van der Waals surface area contributed by atoms with Gasteiger partial charge in [-0.2, -0.15) is 0 Å². The molecule has 2 aromatic rings. The molecule has 0 atom stereocenters. The van der Waals surface area contributed by atoms with Crippen LogP contribution in [0.4, 0.5) is 5.69 Å². The molecule has 2 aromatic carbocycles. The molecule has 0 aromatic heterocycles. The fourth-order valence-corrected chi connectivity index (χ4v) is 5.25. The first-order valence-corrected chi connectivity index (χ1v) is 11.5. The normalized spacial score (nSPS) is 17.8. The lowest BCUT2D eigenvalue weighted by atomic mass is 9.79. The Bertz CT molecular complexity index is 922. The van der Waals surface area contributed by atoms with E-state index in [1.54, 1.807) is 7.11 Å². The lowest BCUT2D eigenvalue weighted by molar-refractivity contribution is 0.101. The third-order valence-electron chi connectivity index (χ3n) is 6.04. The van der Waals surface area contributed by atoms with Crippen molar-refractivity contribution in [3.8, 4) is 5.75 Å². The Kier molecular flexibility index (Phi) is 6.97. The van der Waals surface area contributed by atoms with Gasteiger partial charge in [0.05, 0.1) is 7.11 Å². The molecule has 0 radical (unpaired) electrons. The molecule has 1 saturated heterocycles. The van der Waals surface area contributed by atoms with Crippen molar-refractivity contribution >= 4 is 23.0 Å². The van der Waals surface area contributed by atoms with Crippen molar-refractivity contribution in [1.82, 2.24) is 10.2 Å². The average Bonchev–Trinajstić information content (AvgIpc) is 2.66. The molecular formula is C26H37N3OS. The maximum absolute atomic E-state index is 6.02. The van der Waals surface area contributed by atoms with Crippen molar-refractivity contribution in [2.24, 2.45) is 0 Å². The molecule has 0 unspecified atom stereocenters. The lowest BCUT2D eigenvalue weighted by Gasteiger charge is -2.50. The van der Waals surface area contributed by atoms with Crippen LogP contribution in [-0.4, -0.2) is 34.2 Å². The van der Waals surface area contributed by atoms with Gasteiger partial charge in [-0.1, -0.05) is 30.3 Å². The molecule has 168 valence electrons. The molecule has 1 aliphatic rings. The Balaban J connectivity index is 1.95. The number of aryl methyl sites for hydroxylation is 2. The minimum atomic E-state index is 0.0281. The zero-order chi connectivity index (χ0) is 22.8. The van der Waals surface area contributed by atoms with Crippen molar-refractivity contribution in [3.63, 3.8) is 0 Å². The van der Waals surface area contributed by atoms with Crippen molar-refractivity contribution in [1.29, 1.82) is 0 Å². The van der Waals surface area contributed by atoms with Gasteiger partial charge in [0.1, 0.15) is 5.75 Å². The summed E-state index contributed by atoms with van der Waals surface area (Å²) >= 11 is 6.02. The van der Waals surface area contributed by atoms with Crippen LogP contribution in [0.15, 0.2) is 42.5 Å². The fraction of sp³-hybridized carbons (Fsp3) is 0.500. The molecular weight excluding hydrogens is 402 g/mol. The van der Waals surface area contributed by atoms with Gasteiger partial charge in [-0.15, -0.1) is 0 Å². The summed E-state index contributed by atoms with van der Waals surface area (Å²) in [6.07, 6.45) is 2.03. The number of benzene rings is 2. The van der Waals surface area contributed by atoms with Crippen molar-refractivity contribution in [3.05, 3.63) is 59.2 Å². The van der Waals surface area contributed by atoms with Crippen molar-refractivity contribution in [2.45, 2.75) is 78.0 Å². The van der Waals surface area contributed by atoms with Gasteiger partial charge in [0.2, 0.25) is 0 Å². The van der Waals surface area contributed by atoms with Gasteiger partial charge in [0.25, 0.3) is 0 Å². The van der Waals surface area contributed by atoms with Gasteiger partial charge in [-0.05, 0) is 89.9 Å². The van der Waals surface area contributed by atoms with Gasteiger partial charge in [0, 0.05) is 34.9 Å². The van der Waals surface area contributed by atoms with E-state index < -0.39 is 0 Å². The van der Waals surface area contributed by atoms with Gasteiger partial charge in [-0.3, -0.25) is 0 Å². The molecule has 0 spiro atoms. The molecule has 5 heteroatoms. The maximum atomic E-state index is 6.02. The summed E-state index contributed by atoms with van der Waals surface area (Å²) < 4.78 is 5.65. The Morgan fingerprint density at radius 3 is 2.39 bits per heavy atom. The van der Waals surface area contributed by atoms with Crippen LogP contribution in [0.1, 0.15) is 57.2 Å². The second-order valence-electron chi connectivity index (χ2n) is 10.1. The Morgan fingerprint density at radius 2 is 1.74 bits per heavy atom. The number of anilines is 1. The van der Waals surface area contributed by atoms with Crippen LogP contribution in [0.2, 0.25) is 0 Å². The number of rotatable bonds is 5. The summed E-state index contributed by atoms with van der Waals surface area (Å²) in [6, 6.07) is 15.0. The molecule has 0 saturated carbocycles. The van der Waals surface area contributed by atoms with Crippen LogP contribution in [-0.2, 0) is 6.54 Å². The number of thiocarbonyl (C=S) groups is 1. The maximum Gasteiger partial charge on any atom is 0.173 e. The molecule has 0 bridgehead atoms. The number of hydrogen-bond donors (Lipinski definition) is 2. The van der Waals surface area contributed by atoms with E-state index in [0.29, 0.717) is 12.6 Å². The first kappa shape index (κ1) is 23.6. The molecule has 4 nitrogen and oxygen atoms in total. The highest BCUT2D eigenvalue weighted by Crippen LogP contribution is 2.34. The summed E-state index contributed by atoms with van der Waals surface area (Å²) in [6.45, 7) is 14.1. The van der Waals surface area contributed by atoms with Crippen LogP contribution in [0.25, 0.3) is 0 Å². The first-order chi connectivity index (χ1) is 14.5. The van der Waals surface area contributed by atoms with E-state index in [0.717, 1.165) is 35.0 Å². The van der Waals surface area contributed by atoms with E-state index in [1.165, 1.54) is 11.1 Å². The number of para-hydroxylation sites is 1. The van der Waals surface area contributed by atoms with Gasteiger partial charge < -0.3 is 20.3 Å².